The Morgan fingerprint density at radius 3 is 2.58 bits per heavy atom. The minimum Gasteiger partial charge on any atom is -0.354 e. The molecule has 0 amide bonds. The van der Waals surface area contributed by atoms with Crippen molar-refractivity contribution in [3.05, 3.63) is 59.0 Å². The lowest BCUT2D eigenvalue weighted by atomic mass is 9.79. The van der Waals surface area contributed by atoms with Crippen molar-refractivity contribution in [2.45, 2.75) is 19.3 Å². The van der Waals surface area contributed by atoms with E-state index < -0.39 is 0 Å². The van der Waals surface area contributed by atoms with E-state index >= 15 is 0 Å². The molecule has 1 aromatic heterocycles. The zero-order valence-corrected chi connectivity index (χ0v) is 11.8. The molecule has 1 N–H and O–H groups in total. The van der Waals surface area contributed by atoms with E-state index in [4.69, 9.17) is 0 Å². The molecule has 19 heavy (non-hydrogen) atoms. The third-order valence-corrected chi connectivity index (χ3v) is 5.52. The normalized spacial score (nSPS) is 15.7. The monoisotopic (exact) mass is 265 g/mol. The first-order chi connectivity index (χ1) is 9.18. The van der Waals surface area contributed by atoms with Crippen LogP contribution in [0.3, 0.4) is 0 Å². The van der Waals surface area contributed by atoms with Crippen LogP contribution in [0.25, 0.3) is 10.1 Å². The van der Waals surface area contributed by atoms with Crippen LogP contribution in [-0.4, -0.2) is 0 Å². The molecule has 2 heterocycles. The predicted octanol–water partition coefficient (Wildman–Crippen LogP) is 5.28. The Morgan fingerprint density at radius 2 is 1.68 bits per heavy atom. The Morgan fingerprint density at radius 1 is 0.947 bits per heavy atom. The Hall–Kier alpha value is -1.80. The van der Waals surface area contributed by atoms with Gasteiger partial charge in [0.05, 0.1) is 5.69 Å². The Labute approximate surface area is 116 Å². The molecule has 2 heteroatoms. The summed E-state index contributed by atoms with van der Waals surface area (Å²) in [6.45, 7) is 4.64. The fourth-order valence-electron chi connectivity index (χ4n) is 3.00. The lowest BCUT2D eigenvalue weighted by Gasteiger charge is -2.33. The maximum Gasteiger partial charge on any atom is 0.0614 e. The Balaban J connectivity index is 2.08. The van der Waals surface area contributed by atoms with Crippen molar-refractivity contribution >= 4 is 32.8 Å². The van der Waals surface area contributed by atoms with Gasteiger partial charge in [0.25, 0.3) is 0 Å². The molecule has 0 unspecified atom stereocenters. The van der Waals surface area contributed by atoms with Crippen molar-refractivity contribution in [3.63, 3.8) is 0 Å². The summed E-state index contributed by atoms with van der Waals surface area (Å²) in [4.78, 5) is 1.44. The van der Waals surface area contributed by atoms with Gasteiger partial charge in [0.2, 0.25) is 0 Å². The lowest BCUT2D eigenvalue weighted by Crippen LogP contribution is -2.24. The van der Waals surface area contributed by atoms with E-state index in [1.807, 2.05) is 11.3 Å². The highest BCUT2D eigenvalue weighted by Crippen LogP contribution is 2.51. The fourth-order valence-corrected chi connectivity index (χ4v) is 4.28. The summed E-state index contributed by atoms with van der Waals surface area (Å²) < 4.78 is 1.36. The first-order valence-corrected chi connectivity index (χ1v) is 7.38. The summed E-state index contributed by atoms with van der Waals surface area (Å²) in [6.07, 6.45) is 0. The Bertz CT molecular complexity index is 783. The van der Waals surface area contributed by atoms with Crippen LogP contribution in [0.4, 0.5) is 11.4 Å². The molecule has 0 aliphatic carbocycles. The minimum atomic E-state index is 0.0703. The number of thiophene rings is 1. The van der Waals surface area contributed by atoms with Gasteiger partial charge < -0.3 is 5.32 Å². The van der Waals surface area contributed by atoms with Gasteiger partial charge in [-0.25, -0.2) is 0 Å². The van der Waals surface area contributed by atoms with E-state index in [1.165, 1.54) is 31.9 Å². The third-order valence-electron chi connectivity index (χ3n) is 4.02. The first-order valence-electron chi connectivity index (χ1n) is 6.56. The molecule has 0 saturated carbocycles. The Kier molecular flexibility index (Phi) is 2.10. The van der Waals surface area contributed by atoms with Crippen LogP contribution in [0.5, 0.6) is 0 Å². The highest BCUT2D eigenvalue weighted by Gasteiger charge is 2.34. The van der Waals surface area contributed by atoms with Gasteiger partial charge in [0.15, 0.2) is 0 Å². The minimum absolute atomic E-state index is 0.0703. The SMILES string of the molecule is CC1(C)c2ccccc2Nc2c1sc1ccccc21. The molecule has 0 fully saturated rings. The second-order valence-corrected chi connectivity index (χ2v) is 6.65. The zero-order chi connectivity index (χ0) is 13.0. The average molecular weight is 265 g/mol. The molecule has 0 atom stereocenters. The standard InChI is InChI=1S/C17H15NS/c1-17(2)12-8-4-5-9-13(12)18-15-11-7-3-6-10-14(11)19-16(15)17/h3-10,18H,1-2H3. The number of hydrogen-bond acceptors (Lipinski definition) is 2. The number of anilines is 2. The van der Waals surface area contributed by atoms with Crippen molar-refractivity contribution in [3.8, 4) is 0 Å². The van der Waals surface area contributed by atoms with Gasteiger partial charge >= 0.3 is 0 Å². The molecule has 2 aromatic carbocycles. The van der Waals surface area contributed by atoms with E-state index in [0.717, 1.165) is 0 Å². The van der Waals surface area contributed by atoms with Gasteiger partial charge in [0.1, 0.15) is 0 Å². The van der Waals surface area contributed by atoms with Gasteiger partial charge in [-0.3, -0.25) is 0 Å². The molecule has 4 rings (SSSR count). The van der Waals surface area contributed by atoms with Crippen molar-refractivity contribution in [1.82, 2.24) is 0 Å². The van der Waals surface area contributed by atoms with Gasteiger partial charge in [0, 0.05) is 26.1 Å². The largest absolute Gasteiger partial charge is 0.354 e. The summed E-state index contributed by atoms with van der Waals surface area (Å²) in [6, 6.07) is 17.3. The van der Waals surface area contributed by atoms with Crippen LogP contribution in [-0.2, 0) is 5.41 Å². The molecule has 0 bridgehead atoms. The van der Waals surface area contributed by atoms with E-state index in [1.54, 1.807) is 0 Å². The first kappa shape index (κ1) is 11.1. The van der Waals surface area contributed by atoms with E-state index in [-0.39, 0.29) is 5.41 Å². The molecule has 0 saturated heterocycles. The highest BCUT2D eigenvalue weighted by atomic mass is 32.1. The van der Waals surface area contributed by atoms with Crippen LogP contribution >= 0.6 is 11.3 Å². The molecular weight excluding hydrogens is 250 g/mol. The van der Waals surface area contributed by atoms with Crippen LogP contribution in [0.2, 0.25) is 0 Å². The van der Waals surface area contributed by atoms with Gasteiger partial charge in [-0.1, -0.05) is 50.2 Å². The topological polar surface area (TPSA) is 12.0 Å². The number of para-hydroxylation sites is 1. The molecule has 0 radical (unpaired) electrons. The number of fused-ring (bicyclic) bond motifs is 4. The van der Waals surface area contributed by atoms with Crippen molar-refractivity contribution in [1.29, 1.82) is 0 Å². The third kappa shape index (κ3) is 1.41. The summed E-state index contributed by atoms with van der Waals surface area (Å²) >= 11 is 1.91. The number of nitrogens with one attached hydrogen (secondary N) is 1. The van der Waals surface area contributed by atoms with Crippen LogP contribution in [0.15, 0.2) is 48.5 Å². The van der Waals surface area contributed by atoms with Crippen LogP contribution in [0.1, 0.15) is 24.3 Å². The van der Waals surface area contributed by atoms with Crippen molar-refractivity contribution in [2.75, 3.05) is 5.32 Å². The number of rotatable bonds is 0. The van der Waals surface area contributed by atoms with Gasteiger partial charge in [-0.15, -0.1) is 11.3 Å². The predicted molar refractivity (Wildman–Crippen MR) is 83.7 cm³/mol. The number of hydrogen-bond donors (Lipinski definition) is 1. The molecule has 94 valence electrons. The molecule has 1 nitrogen and oxygen atoms in total. The van der Waals surface area contributed by atoms with Crippen molar-refractivity contribution in [2.24, 2.45) is 0 Å². The second kappa shape index (κ2) is 3.61. The molecular formula is C17H15NS. The van der Waals surface area contributed by atoms with E-state index in [0.29, 0.717) is 0 Å². The maximum atomic E-state index is 3.63. The highest BCUT2D eigenvalue weighted by molar-refractivity contribution is 7.20. The number of benzene rings is 2. The smallest absolute Gasteiger partial charge is 0.0614 e. The van der Waals surface area contributed by atoms with Gasteiger partial charge in [-0.05, 0) is 17.7 Å². The van der Waals surface area contributed by atoms with E-state index in [9.17, 15) is 0 Å². The van der Waals surface area contributed by atoms with Gasteiger partial charge in [-0.2, -0.15) is 0 Å². The quantitative estimate of drug-likeness (QED) is 0.582. The summed E-state index contributed by atoms with van der Waals surface area (Å²) in [5.41, 5.74) is 3.99. The average Bonchev–Trinajstić information content (AvgIpc) is 2.79. The molecule has 0 spiro atoms. The summed E-state index contributed by atoms with van der Waals surface area (Å²) in [5, 5.41) is 4.97. The summed E-state index contributed by atoms with van der Waals surface area (Å²) in [5.74, 6) is 0. The second-order valence-electron chi connectivity index (χ2n) is 5.60. The fraction of sp³-hybridized carbons (Fsp3) is 0.176. The lowest BCUT2D eigenvalue weighted by molar-refractivity contribution is 0.653. The molecule has 1 aliphatic heterocycles. The summed E-state index contributed by atoms with van der Waals surface area (Å²) in [7, 11) is 0. The van der Waals surface area contributed by atoms with Crippen LogP contribution < -0.4 is 5.32 Å². The van der Waals surface area contributed by atoms with E-state index in [2.05, 4.69) is 67.7 Å². The molecule has 1 aliphatic rings. The van der Waals surface area contributed by atoms with Crippen molar-refractivity contribution < 1.29 is 0 Å². The molecule has 3 aromatic rings. The maximum absolute atomic E-state index is 3.63. The van der Waals surface area contributed by atoms with Crippen LogP contribution in [0, 0.1) is 0 Å². The zero-order valence-electron chi connectivity index (χ0n) is 11.0.